The SMILES string of the molecule is COc1cn(C)c(C(=O)NCCO[Si](c2ccccc2)(c2ccccc2)C(C)(C)C)cc1=O. The normalized spacial score (nSPS) is 11.8. The van der Waals surface area contributed by atoms with E-state index < -0.39 is 8.32 Å². The van der Waals surface area contributed by atoms with Gasteiger partial charge in [0.15, 0.2) is 5.75 Å². The lowest BCUT2D eigenvalue weighted by Crippen LogP contribution is -2.67. The van der Waals surface area contributed by atoms with Crippen LogP contribution in [0, 0.1) is 0 Å². The third-order valence-corrected chi connectivity index (χ3v) is 10.8. The maximum Gasteiger partial charge on any atom is 0.268 e. The Morgan fingerprint density at radius 3 is 2.03 bits per heavy atom. The van der Waals surface area contributed by atoms with Gasteiger partial charge in [-0.3, -0.25) is 9.59 Å². The number of aryl methyl sites for hydroxylation is 1. The Hall–Kier alpha value is -3.16. The molecule has 1 aromatic heterocycles. The van der Waals surface area contributed by atoms with Gasteiger partial charge in [-0.2, -0.15) is 0 Å². The number of rotatable bonds is 8. The topological polar surface area (TPSA) is 69.6 Å². The number of nitrogens with one attached hydrogen (secondary N) is 1. The van der Waals surface area contributed by atoms with Crippen molar-refractivity contribution in [2.24, 2.45) is 7.05 Å². The van der Waals surface area contributed by atoms with Gasteiger partial charge in [0, 0.05) is 19.7 Å². The molecule has 0 saturated carbocycles. The van der Waals surface area contributed by atoms with Crippen molar-refractivity contribution in [1.82, 2.24) is 9.88 Å². The second kappa shape index (κ2) is 10.2. The summed E-state index contributed by atoms with van der Waals surface area (Å²) in [5.41, 5.74) is -0.0597. The van der Waals surface area contributed by atoms with E-state index in [1.54, 1.807) is 11.6 Å². The number of carbonyl (C=O) groups excluding carboxylic acids is 1. The maximum absolute atomic E-state index is 12.7. The summed E-state index contributed by atoms with van der Waals surface area (Å²) in [6.07, 6.45) is 1.51. The fourth-order valence-electron chi connectivity index (χ4n) is 4.21. The van der Waals surface area contributed by atoms with E-state index in [-0.39, 0.29) is 27.8 Å². The molecule has 1 N–H and O–H groups in total. The molecule has 0 unspecified atom stereocenters. The Kier molecular flexibility index (Phi) is 7.56. The van der Waals surface area contributed by atoms with E-state index in [1.807, 2.05) is 36.4 Å². The summed E-state index contributed by atoms with van der Waals surface area (Å²) in [6, 6.07) is 22.0. The second-order valence-electron chi connectivity index (χ2n) is 8.97. The molecule has 3 rings (SSSR count). The van der Waals surface area contributed by atoms with Gasteiger partial charge in [0.05, 0.1) is 19.9 Å². The maximum atomic E-state index is 12.7. The number of carbonyl (C=O) groups is 1. The first-order chi connectivity index (χ1) is 15.7. The lowest BCUT2D eigenvalue weighted by molar-refractivity contribution is 0.0937. The molecule has 3 aromatic rings. The lowest BCUT2D eigenvalue weighted by Gasteiger charge is -2.43. The van der Waals surface area contributed by atoms with Crippen molar-refractivity contribution in [3.63, 3.8) is 0 Å². The highest BCUT2D eigenvalue weighted by molar-refractivity contribution is 6.99. The fourth-order valence-corrected chi connectivity index (χ4v) is 8.77. The summed E-state index contributed by atoms with van der Waals surface area (Å²) < 4.78 is 13.4. The number of aromatic nitrogens is 1. The first-order valence-electron chi connectivity index (χ1n) is 11.0. The molecule has 174 valence electrons. The minimum absolute atomic E-state index is 0.139. The molecular weight excluding hydrogens is 432 g/mol. The summed E-state index contributed by atoms with van der Waals surface area (Å²) in [5.74, 6) is -0.132. The fraction of sp³-hybridized carbons (Fsp3) is 0.308. The van der Waals surface area contributed by atoms with Crippen molar-refractivity contribution >= 4 is 24.6 Å². The van der Waals surface area contributed by atoms with Crippen LogP contribution in [0.1, 0.15) is 31.3 Å². The van der Waals surface area contributed by atoms with Gasteiger partial charge in [-0.05, 0) is 15.4 Å². The predicted molar refractivity (Wildman–Crippen MR) is 134 cm³/mol. The van der Waals surface area contributed by atoms with Gasteiger partial charge in [0.2, 0.25) is 5.43 Å². The van der Waals surface area contributed by atoms with E-state index in [0.29, 0.717) is 13.2 Å². The van der Waals surface area contributed by atoms with Gasteiger partial charge in [-0.25, -0.2) is 0 Å². The van der Waals surface area contributed by atoms with E-state index in [0.717, 1.165) is 0 Å². The summed E-state index contributed by atoms with van der Waals surface area (Å²) in [5, 5.41) is 5.13. The molecule has 1 heterocycles. The molecule has 33 heavy (non-hydrogen) atoms. The molecule has 0 radical (unpaired) electrons. The van der Waals surface area contributed by atoms with Gasteiger partial charge in [0.25, 0.3) is 14.2 Å². The van der Waals surface area contributed by atoms with Crippen LogP contribution >= 0.6 is 0 Å². The van der Waals surface area contributed by atoms with Crippen molar-refractivity contribution in [3.05, 3.63) is 88.8 Å². The standard InChI is InChI=1S/C26H32N2O4Si/c1-26(2,3)33(20-12-8-6-9-13-20,21-14-10-7-11-15-21)32-17-16-27-25(30)22-18-23(29)24(31-5)19-28(22)4/h6-15,18-19H,16-17H2,1-5H3,(H,27,30). The number of pyridine rings is 1. The van der Waals surface area contributed by atoms with Crippen LogP contribution in [0.3, 0.4) is 0 Å². The van der Waals surface area contributed by atoms with Crippen LogP contribution in [0.25, 0.3) is 0 Å². The Bertz CT molecular complexity index is 1100. The Morgan fingerprint density at radius 1 is 1.00 bits per heavy atom. The molecule has 0 aliphatic rings. The summed E-state index contributed by atoms with van der Waals surface area (Å²) in [4.78, 5) is 24.8. The van der Waals surface area contributed by atoms with Crippen LogP contribution in [0.5, 0.6) is 5.75 Å². The monoisotopic (exact) mass is 464 g/mol. The molecule has 0 aliphatic heterocycles. The predicted octanol–water partition coefficient (Wildman–Crippen LogP) is 2.70. The molecular formula is C26H32N2O4Si. The zero-order chi connectivity index (χ0) is 24.1. The van der Waals surface area contributed by atoms with Crippen LogP contribution in [0.2, 0.25) is 5.04 Å². The minimum Gasteiger partial charge on any atom is -0.491 e. The third kappa shape index (κ3) is 5.10. The first kappa shape index (κ1) is 24.5. The summed E-state index contributed by atoms with van der Waals surface area (Å²) in [6.45, 7) is 7.31. The number of amides is 1. The number of hydrogen-bond donors (Lipinski definition) is 1. The van der Waals surface area contributed by atoms with Crippen LogP contribution in [-0.4, -0.2) is 39.1 Å². The summed E-state index contributed by atoms with van der Waals surface area (Å²) in [7, 11) is 0.477. The lowest BCUT2D eigenvalue weighted by atomic mass is 10.2. The Labute approximate surface area is 196 Å². The number of nitrogens with zero attached hydrogens (tertiary/aromatic N) is 1. The Morgan fingerprint density at radius 2 is 1.55 bits per heavy atom. The van der Waals surface area contributed by atoms with Gasteiger partial charge in [-0.15, -0.1) is 0 Å². The first-order valence-corrected chi connectivity index (χ1v) is 12.9. The van der Waals surface area contributed by atoms with E-state index in [4.69, 9.17) is 9.16 Å². The molecule has 6 nitrogen and oxygen atoms in total. The average molecular weight is 465 g/mol. The molecule has 0 saturated heterocycles. The highest BCUT2D eigenvalue weighted by Crippen LogP contribution is 2.36. The van der Waals surface area contributed by atoms with E-state index in [2.05, 4.69) is 50.4 Å². The zero-order valence-corrected chi connectivity index (χ0v) is 20.9. The molecule has 1 amide bonds. The minimum atomic E-state index is -2.66. The molecule has 0 spiro atoms. The smallest absolute Gasteiger partial charge is 0.268 e. The van der Waals surface area contributed by atoms with E-state index in [9.17, 15) is 9.59 Å². The van der Waals surface area contributed by atoms with Crippen molar-refractivity contribution < 1.29 is 14.0 Å². The van der Waals surface area contributed by atoms with Gasteiger partial charge in [0.1, 0.15) is 5.69 Å². The molecule has 0 fully saturated rings. The van der Waals surface area contributed by atoms with Crippen molar-refractivity contribution in [2.75, 3.05) is 20.3 Å². The highest BCUT2D eigenvalue weighted by atomic mass is 28.4. The molecule has 0 bridgehead atoms. The van der Waals surface area contributed by atoms with Crippen molar-refractivity contribution in [3.8, 4) is 5.75 Å². The zero-order valence-electron chi connectivity index (χ0n) is 19.9. The number of hydrogen-bond acceptors (Lipinski definition) is 4. The molecule has 0 atom stereocenters. The van der Waals surface area contributed by atoms with Gasteiger partial charge < -0.3 is 19.0 Å². The van der Waals surface area contributed by atoms with E-state index >= 15 is 0 Å². The van der Waals surface area contributed by atoms with E-state index in [1.165, 1.54) is 29.7 Å². The van der Waals surface area contributed by atoms with Crippen LogP contribution < -0.4 is 25.9 Å². The molecule has 2 aromatic carbocycles. The van der Waals surface area contributed by atoms with Crippen molar-refractivity contribution in [1.29, 1.82) is 0 Å². The van der Waals surface area contributed by atoms with Crippen LogP contribution in [-0.2, 0) is 11.5 Å². The Balaban J connectivity index is 1.82. The van der Waals surface area contributed by atoms with Crippen LogP contribution in [0.4, 0.5) is 0 Å². The number of methoxy groups -OCH3 is 1. The van der Waals surface area contributed by atoms with Crippen molar-refractivity contribution in [2.45, 2.75) is 25.8 Å². The van der Waals surface area contributed by atoms with Gasteiger partial charge in [-0.1, -0.05) is 81.4 Å². The number of benzene rings is 2. The average Bonchev–Trinajstić information content (AvgIpc) is 2.80. The second-order valence-corrected chi connectivity index (χ2v) is 13.3. The highest BCUT2D eigenvalue weighted by Gasteiger charge is 2.49. The molecule has 7 heteroatoms. The number of ether oxygens (including phenoxy) is 1. The quantitative estimate of drug-likeness (QED) is 0.411. The molecule has 0 aliphatic carbocycles. The van der Waals surface area contributed by atoms with Gasteiger partial charge >= 0.3 is 0 Å². The van der Waals surface area contributed by atoms with Crippen LogP contribution in [0.15, 0.2) is 77.7 Å². The summed E-state index contributed by atoms with van der Waals surface area (Å²) >= 11 is 0. The third-order valence-electron chi connectivity index (χ3n) is 5.78. The largest absolute Gasteiger partial charge is 0.491 e.